The highest BCUT2D eigenvalue weighted by Gasteiger charge is 2.28. The van der Waals surface area contributed by atoms with Gasteiger partial charge in [0.2, 0.25) is 0 Å². The Morgan fingerprint density at radius 2 is 1.90 bits per heavy atom. The van der Waals surface area contributed by atoms with Gasteiger partial charge in [0.25, 0.3) is 0 Å². The summed E-state index contributed by atoms with van der Waals surface area (Å²) in [5.74, 6) is 0.699. The van der Waals surface area contributed by atoms with Crippen molar-refractivity contribution in [3.8, 4) is 5.75 Å². The number of rotatable bonds is 6. The van der Waals surface area contributed by atoms with E-state index in [4.69, 9.17) is 4.74 Å². The second-order valence-corrected chi connectivity index (χ2v) is 5.05. The lowest BCUT2D eigenvalue weighted by Crippen LogP contribution is -2.21. The van der Waals surface area contributed by atoms with Crippen molar-refractivity contribution in [2.45, 2.75) is 31.6 Å². The summed E-state index contributed by atoms with van der Waals surface area (Å²) in [7, 11) is 0. The van der Waals surface area contributed by atoms with Crippen molar-refractivity contribution in [1.82, 2.24) is 0 Å². The molecule has 2 rings (SSSR count). The molecule has 0 saturated carbocycles. The van der Waals surface area contributed by atoms with Gasteiger partial charge in [-0.25, -0.2) is 0 Å². The molecule has 1 atom stereocenters. The highest BCUT2D eigenvalue weighted by molar-refractivity contribution is 5.77. The maximum atomic E-state index is 11.8. The summed E-state index contributed by atoms with van der Waals surface area (Å²) in [6.45, 7) is 11.4. The van der Waals surface area contributed by atoms with Crippen LogP contribution in [-0.4, -0.2) is 5.97 Å². The van der Waals surface area contributed by atoms with E-state index in [0.29, 0.717) is 12.2 Å². The minimum absolute atomic E-state index is 0.162. The molecular weight excluding hydrogens is 248 g/mol. The van der Waals surface area contributed by atoms with Gasteiger partial charge in [0.1, 0.15) is 5.75 Å². The average Bonchev–Trinajstić information content (AvgIpc) is 2.38. The topological polar surface area (TPSA) is 26.3 Å². The lowest BCUT2D eigenvalue weighted by Gasteiger charge is -2.27. The Kier molecular flexibility index (Phi) is 4.57. The van der Waals surface area contributed by atoms with Crippen LogP contribution in [0.5, 0.6) is 5.75 Å². The molecule has 0 radical (unpaired) electrons. The van der Waals surface area contributed by atoms with Crippen LogP contribution in [0.3, 0.4) is 0 Å². The second-order valence-electron chi connectivity index (χ2n) is 5.05. The first-order chi connectivity index (χ1) is 9.69. The van der Waals surface area contributed by atoms with E-state index in [9.17, 15) is 4.79 Å². The van der Waals surface area contributed by atoms with Gasteiger partial charge in [-0.05, 0) is 36.5 Å². The molecule has 0 saturated heterocycles. The number of esters is 1. The Labute approximate surface area is 120 Å². The van der Waals surface area contributed by atoms with Crippen LogP contribution in [0, 0.1) is 0 Å². The summed E-state index contributed by atoms with van der Waals surface area (Å²) in [5.41, 5.74) is 3.44. The van der Waals surface area contributed by atoms with E-state index in [1.807, 2.05) is 24.3 Å². The van der Waals surface area contributed by atoms with Gasteiger partial charge in [0.05, 0.1) is 6.42 Å². The molecule has 0 spiro atoms. The Balaban J connectivity index is 2.54. The van der Waals surface area contributed by atoms with Crippen molar-refractivity contribution >= 4 is 5.97 Å². The van der Waals surface area contributed by atoms with E-state index < -0.39 is 0 Å². The average molecular weight is 268 g/mol. The van der Waals surface area contributed by atoms with E-state index in [1.165, 1.54) is 5.56 Å². The van der Waals surface area contributed by atoms with Gasteiger partial charge in [-0.1, -0.05) is 24.3 Å². The predicted octanol–water partition coefficient (Wildman–Crippen LogP) is 4.11. The lowest BCUT2D eigenvalue weighted by atomic mass is 9.84. The standard InChI is InChI=1S/C18H20O2/c1-4-7-13-10-14(8-5-2)18-15(9-6-3)12-17(19)20-16(18)11-13/h4-6,10-11,15H,1-3,7-9,12H2. The molecule has 20 heavy (non-hydrogen) atoms. The van der Waals surface area contributed by atoms with Crippen LogP contribution in [0.1, 0.15) is 35.4 Å². The van der Waals surface area contributed by atoms with Crippen LogP contribution in [0.2, 0.25) is 0 Å². The zero-order valence-electron chi connectivity index (χ0n) is 11.7. The Morgan fingerprint density at radius 3 is 2.55 bits per heavy atom. The highest BCUT2D eigenvalue weighted by atomic mass is 16.5. The first-order valence-electron chi connectivity index (χ1n) is 6.88. The molecule has 0 fully saturated rings. The minimum Gasteiger partial charge on any atom is -0.426 e. The van der Waals surface area contributed by atoms with Crippen molar-refractivity contribution in [2.24, 2.45) is 0 Å². The van der Waals surface area contributed by atoms with Crippen molar-refractivity contribution in [3.05, 3.63) is 66.8 Å². The van der Waals surface area contributed by atoms with Crippen LogP contribution < -0.4 is 4.74 Å². The molecule has 2 nitrogen and oxygen atoms in total. The molecule has 1 aromatic carbocycles. The number of fused-ring (bicyclic) bond motifs is 1. The molecule has 104 valence electrons. The fourth-order valence-electron chi connectivity index (χ4n) is 2.77. The SMILES string of the molecule is C=CCc1cc(CC=C)c2c(c1)OC(=O)CC2CC=C. The molecule has 1 aromatic rings. The highest BCUT2D eigenvalue weighted by Crippen LogP contribution is 2.40. The summed E-state index contributed by atoms with van der Waals surface area (Å²) in [6.07, 6.45) is 8.35. The van der Waals surface area contributed by atoms with Gasteiger partial charge in [-0.15, -0.1) is 19.7 Å². The Hall–Kier alpha value is -2.09. The molecule has 1 heterocycles. The van der Waals surface area contributed by atoms with E-state index >= 15 is 0 Å². The molecule has 0 bridgehead atoms. The van der Waals surface area contributed by atoms with Crippen molar-refractivity contribution in [1.29, 1.82) is 0 Å². The number of hydrogen-bond acceptors (Lipinski definition) is 2. The van der Waals surface area contributed by atoms with Crippen LogP contribution in [0.25, 0.3) is 0 Å². The third kappa shape index (κ3) is 2.90. The summed E-state index contributed by atoms with van der Waals surface area (Å²) < 4.78 is 5.44. The third-order valence-electron chi connectivity index (χ3n) is 3.53. The molecule has 2 heteroatoms. The van der Waals surface area contributed by atoms with Gasteiger partial charge in [-0.2, -0.15) is 0 Å². The van der Waals surface area contributed by atoms with E-state index in [-0.39, 0.29) is 11.9 Å². The fourth-order valence-corrected chi connectivity index (χ4v) is 2.77. The van der Waals surface area contributed by atoms with Gasteiger partial charge in [0.15, 0.2) is 0 Å². The predicted molar refractivity (Wildman–Crippen MR) is 82.1 cm³/mol. The molecule has 0 aliphatic carbocycles. The summed E-state index contributed by atoms with van der Waals surface area (Å²) in [6, 6.07) is 4.12. The largest absolute Gasteiger partial charge is 0.426 e. The maximum absolute atomic E-state index is 11.8. The second kappa shape index (κ2) is 6.38. The number of carbonyl (C=O) groups is 1. The Bertz CT molecular complexity index is 538. The smallest absolute Gasteiger partial charge is 0.311 e. The molecular formula is C18H20O2. The van der Waals surface area contributed by atoms with Crippen molar-refractivity contribution < 1.29 is 9.53 Å². The molecule has 0 N–H and O–H groups in total. The van der Waals surface area contributed by atoms with Crippen molar-refractivity contribution in [3.63, 3.8) is 0 Å². The summed E-state index contributed by atoms with van der Waals surface area (Å²) >= 11 is 0. The number of hydrogen-bond donors (Lipinski definition) is 0. The molecule has 1 aliphatic rings. The Morgan fingerprint density at radius 1 is 1.15 bits per heavy atom. The van der Waals surface area contributed by atoms with Gasteiger partial charge in [-0.3, -0.25) is 4.79 Å². The zero-order valence-corrected chi connectivity index (χ0v) is 11.7. The van der Waals surface area contributed by atoms with Gasteiger partial charge >= 0.3 is 5.97 Å². The molecule has 1 aliphatic heterocycles. The first-order valence-corrected chi connectivity index (χ1v) is 6.88. The van der Waals surface area contributed by atoms with E-state index in [0.717, 1.165) is 30.4 Å². The van der Waals surface area contributed by atoms with Crippen LogP contribution in [-0.2, 0) is 17.6 Å². The molecule has 0 aromatic heterocycles. The molecule has 0 amide bonds. The minimum atomic E-state index is -0.162. The number of ether oxygens (including phenoxy) is 1. The third-order valence-corrected chi connectivity index (χ3v) is 3.53. The van der Waals surface area contributed by atoms with Crippen LogP contribution in [0.15, 0.2) is 50.1 Å². The summed E-state index contributed by atoms with van der Waals surface area (Å²) in [4.78, 5) is 11.8. The van der Waals surface area contributed by atoms with E-state index in [2.05, 4.69) is 25.8 Å². The fraction of sp³-hybridized carbons (Fsp3) is 0.278. The number of carbonyl (C=O) groups excluding carboxylic acids is 1. The zero-order chi connectivity index (χ0) is 14.5. The number of benzene rings is 1. The quantitative estimate of drug-likeness (QED) is 0.441. The van der Waals surface area contributed by atoms with Crippen molar-refractivity contribution in [2.75, 3.05) is 0 Å². The van der Waals surface area contributed by atoms with Crippen LogP contribution >= 0.6 is 0 Å². The van der Waals surface area contributed by atoms with Gasteiger partial charge < -0.3 is 4.74 Å². The van der Waals surface area contributed by atoms with Crippen LogP contribution in [0.4, 0.5) is 0 Å². The number of allylic oxidation sites excluding steroid dienone is 3. The summed E-state index contributed by atoms with van der Waals surface area (Å²) in [5, 5.41) is 0. The first kappa shape index (κ1) is 14.3. The monoisotopic (exact) mass is 268 g/mol. The van der Waals surface area contributed by atoms with Gasteiger partial charge in [0, 0.05) is 11.5 Å². The maximum Gasteiger partial charge on any atom is 0.311 e. The normalized spacial score (nSPS) is 17.0. The van der Waals surface area contributed by atoms with E-state index in [1.54, 1.807) is 0 Å². The lowest BCUT2D eigenvalue weighted by molar-refractivity contribution is -0.135. The molecule has 1 unspecified atom stereocenters.